The topological polar surface area (TPSA) is 70.8 Å². The number of imide groups is 1. The lowest BCUT2D eigenvalue weighted by molar-refractivity contribution is -0.145. The molecule has 0 N–H and O–H groups in total. The van der Waals surface area contributed by atoms with E-state index in [2.05, 4.69) is 15.9 Å². The summed E-state index contributed by atoms with van der Waals surface area (Å²) in [5, 5.41) is 0. The molecule has 0 saturated carbocycles. The zero-order chi connectivity index (χ0) is 18.0. The molecule has 1 aliphatic heterocycles. The molecule has 2 heterocycles. The molecule has 1 aromatic carbocycles. The highest BCUT2D eigenvalue weighted by molar-refractivity contribution is 9.10. The van der Waals surface area contributed by atoms with Crippen molar-refractivity contribution in [2.24, 2.45) is 0 Å². The van der Waals surface area contributed by atoms with Crippen LogP contribution in [0.5, 0.6) is 0 Å². The first kappa shape index (κ1) is 17.4. The van der Waals surface area contributed by atoms with E-state index in [0.29, 0.717) is 11.5 Å². The Morgan fingerprint density at radius 1 is 1.12 bits per heavy atom. The van der Waals surface area contributed by atoms with E-state index in [0.717, 1.165) is 14.9 Å². The van der Waals surface area contributed by atoms with Gasteiger partial charge in [0.05, 0.1) is 6.54 Å². The first-order valence-electron chi connectivity index (χ1n) is 7.86. The highest BCUT2D eigenvalue weighted by atomic mass is 79.9. The summed E-state index contributed by atoms with van der Waals surface area (Å²) in [6, 6.07) is 11.4. The Labute approximate surface area is 153 Å². The van der Waals surface area contributed by atoms with Crippen molar-refractivity contribution in [1.82, 2.24) is 9.80 Å². The third-order valence-electron chi connectivity index (χ3n) is 4.06. The van der Waals surface area contributed by atoms with E-state index in [4.69, 9.17) is 4.42 Å². The highest BCUT2D eigenvalue weighted by Crippen LogP contribution is 2.24. The predicted octanol–water partition coefficient (Wildman–Crippen LogP) is 2.82. The van der Waals surface area contributed by atoms with E-state index in [1.807, 2.05) is 36.4 Å². The number of likely N-dealkylation sites (tertiary alicyclic amines) is 1. The molecule has 1 aliphatic rings. The van der Waals surface area contributed by atoms with Crippen LogP contribution in [0.3, 0.4) is 0 Å². The monoisotopic (exact) mass is 404 g/mol. The Morgan fingerprint density at radius 2 is 1.76 bits per heavy atom. The van der Waals surface area contributed by atoms with Crippen molar-refractivity contribution in [3.05, 3.63) is 46.6 Å². The van der Waals surface area contributed by atoms with Crippen molar-refractivity contribution in [2.45, 2.75) is 19.4 Å². The number of amides is 3. The smallest absolute Gasteiger partial charge is 0.242 e. The van der Waals surface area contributed by atoms with Crippen molar-refractivity contribution in [1.29, 1.82) is 0 Å². The highest BCUT2D eigenvalue weighted by Gasteiger charge is 2.31. The van der Waals surface area contributed by atoms with Gasteiger partial charge in [0, 0.05) is 29.9 Å². The lowest BCUT2D eigenvalue weighted by Gasteiger charge is -2.19. The largest absolute Gasteiger partial charge is 0.459 e. The SMILES string of the molecule is CN(Cc1ccc(-c2ccc(Br)cc2)o1)C(=O)CN1C(=O)CCC1=O. The van der Waals surface area contributed by atoms with Crippen LogP contribution in [-0.2, 0) is 20.9 Å². The third kappa shape index (κ3) is 3.99. The molecule has 0 spiro atoms. The Hall–Kier alpha value is -2.41. The maximum absolute atomic E-state index is 12.2. The maximum atomic E-state index is 12.2. The fraction of sp³-hybridized carbons (Fsp3) is 0.278. The summed E-state index contributed by atoms with van der Waals surface area (Å²) in [5.74, 6) is 0.468. The van der Waals surface area contributed by atoms with Crippen LogP contribution in [0, 0.1) is 0 Å². The second-order valence-electron chi connectivity index (χ2n) is 5.90. The van der Waals surface area contributed by atoms with Crippen LogP contribution in [-0.4, -0.2) is 41.1 Å². The van der Waals surface area contributed by atoms with Crippen molar-refractivity contribution in [3.63, 3.8) is 0 Å². The van der Waals surface area contributed by atoms with Gasteiger partial charge in [0.1, 0.15) is 18.1 Å². The summed E-state index contributed by atoms with van der Waals surface area (Å²) in [7, 11) is 1.62. The summed E-state index contributed by atoms with van der Waals surface area (Å²) in [4.78, 5) is 37.9. The van der Waals surface area contributed by atoms with Gasteiger partial charge in [-0.2, -0.15) is 0 Å². The molecule has 0 atom stereocenters. The average Bonchev–Trinajstić information content (AvgIpc) is 3.17. The molecule has 0 unspecified atom stereocenters. The quantitative estimate of drug-likeness (QED) is 0.718. The minimum Gasteiger partial charge on any atom is -0.459 e. The fourth-order valence-corrected chi connectivity index (χ4v) is 2.87. The number of carbonyl (C=O) groups excluding carboxylic acids is 3. The fourth-order valence-electron chi connectivity index (χ4n) is 2.61. The Morgan fingerprint density at radius 3 is 2.40 bits per heavy atom. The van der Waals surface area contributed by atoms with Crippen LogP contribution in [0.25, 0.3) is 11.3 Å². The number of carbonyl (C=O) groups is 3. The second kappa shape index (κ2) is 7.23. The van der Waals surface area contributed by atoms with Crippen molar-refractivity contribution in [2.75, 3.05) is 13.6 Å². The zero-order valence-corrected chi connectivity index (χ0v) is 15.3. The number of furan rings is 1. The van der Waals surface area contributed by atoms with Gasteiger partial charge >= 0.3 is 0 Å². The van der Waals surface area contributed by atoms with Crippen LogP contribution in [0.4, 0.5) is 0 Å². The Balaban J connectivity index is 1.62. The summed E-state index contributed by atoms with van der Waals surface area (Å²) in [5.41, 5.74) is 0.941. The van der Waals surface area contributed by atoms with Gasteiger partial charge in [-0.1, -0.05) is 28.1 Å². The number of halogens is 1. The Kier molecular flexibility index (Phi) is 5.03. The first-order chi connectivity index (χ1) is 11.9. The standard InChI is InChI=1S/C18H17BrN2O4/c1-20(18(24)11-21-16(22)8-9-17(21)23)10-14-6-7-15(25-14)12-2-4-13(19)5-3-12/h2-7H,8-11H2,1H3. The molecule has 2 aromatic rings. The number of nitrogens with zero attached hydrogens (tertiary/aromatic N) is 2. The van der Waals surface area contributed by atoms with E-state index >= 15 is 0 Å². The van der Waals surface area contributed by atoms with E-state index in [1.165, 1.54) is 4.90 Å². The van der Waals surface area contributed by atoms with Crippen LogP contribution < -0.4 is 0 Å². The molecule has 0 bridgehead atoms. The maximum Gasteiger partial charge on any atom is 0.242 e. The Bertz CT molecular complexity index is 797. The van der Waals surface area contributed by atoms with Crippen molar-refractivity contribution in [3.8, 4) is 11.3 Å². The minimum atomic E-state index is -0.301. The van der Waals surface area contributed by atoms with Crippen molar-refractivity contribution < 1.29 is 18.8 Å². The third-order valence-corrected chi connectivity index (χ3v) is 4.59. The van der Waals surface area contributed by atoms with E-state index in [1.54, 1.807) is 7.05 Å². The molecule has 0 aliphatic carbocycles. The molecular formula is C18H17BrN2O4. The summed E-state index contributed by atoms with van der Waals surface area (Å²) >= 11 is 3.39. The van der Waals surface area contributed by atoms with Crippen LogP contribution >= 0.6 is 15.9 Å². The second-order valence-corrected chi connectivity index (χ2v) is 6.81. The summed E-state index contributed by atoms with van der Waals surface area (Å²) in [6.45, 7) is 0.0556. The molecule has 1 fully saturated rings. The van der Waals surface area contributed by atoms with E-state index in [9.17, 15) is 14.4 Å². The number of benzene rings is 1. The van der Waals surface area contributed by atoms with Gasteiger partial charge < -0.3 is 9.32 Å². The van der Waals surface area contributed by atoms with Gasteiger partial charge in [0.2, 0.25) is 17.7 Å². The number of hydrogen-bond acceptors (Lipinski definition) is 4. The molecule has 3 amide bonds. The molecule has 3 rings (SSSR count). The van der Waals surface area contributed by atoms with Gasteiger partial charge in [0.15, 0.2) is 0 Å². The average molecular weight is 405 g/mol. The number of likely N-dealkylation sites (N-methyl/N-ethyl adjacent to an activating group) is 1. The zero-order valence-electron chi connectivity index (χ0n) is 13.7. The van der Waals surface area contributed by atoms with Gasteiger partial charge in [-0.05, 0) is 24.3 Å². The number of hydrogen-bond donors (Lipinski definition) is 0. The van der Waals surface area contributed by atoms with Crippen LogP contribution in [0.1, 0.15) is 18.6 Å². The molecule has 7 heteroatoms. The van der Waals surface area contributed by atoms with Crippen LogP contribution in [0.15, 0.2) is 45.3 Å². The summed E-state index contributed by atoms with van der Waals surface area (Å²) < 4.78 is 6.77. The number of rotatable bonds is 5. The van der Waals surface area contributed by atoms with Gasteiger partial charge in [-0.15, -0.1) is 0 Å². The summed E-state index contributed by atoms with van der Waals surface area (Å²) in [6.07, 6.45) is 0.370. The van der Waals surface area contributed by atoms with Gasteiger partial charge in [-0.3, -0.25) is 19.3 Å². The molecule has 0 radical (unpaired) electrons. The molecule has 1 saturated heterocycles. The van der Waals surface area contributed by atoms with E-state index in [-0.39, 0.29) is 43.7 Å². The van der Waals surface area contributed by atoms with Gasteiger partial charge in [-0.25, -0.2) is 0 Å². The minimum absolute atomic E-state index is 0.185. The lowest BCUT2D eigenvalue weighted by atomic mass is 10.2. The molecule has 25 heavy (non-hydrogen) atoms. The molecule has 130 valence electrons. The molecule has 6 nitrogen and oxygen atoms in total. The molecule has 1 aromatic heterocycles. The lowest BCUT2D eigenvalue weighted by Crippen LogP contribution is -2.40. The first-order valence-corrected chi connectivity index (χ1v) is 8.65. The van der Waals surface area contributed by atoms with Crippen LogP contribution in [0.2, 0.25) is 0 Å². The van der Waals surface area contributed by atoms with Gasteiger partial charge in [0.25, 0.3) is 0 Å². The molecular weight excluding hydrogens is 388 g/mol. The van der Waals surface area contributed by atoms with Crippen molar-refractivity contribution >= 4 is 33.7 Å². The normalized spacial score (nSPS) is 14.2. The predicted molar refractivity (Wildman–Crippen MR) is 94.3 cm³/mol. The van der Waals surface area contributed by atoms with E-state index < -0.39 is 0 Å².